The first-order valence-electron chi connectivity index (χ1n) is 9.71. The molecule has 1 N–H and O–H groups in total. The van der Waals surface area contributed by atoms with Crippen LogP contribution in [-0.2, 0) is 6.61 Å². The molecule has 4 nitrogen and oxygen atoms in total. The Morgan fingerprint density at radius 2 is 1.90 bits per heavy atom. The molecular weight excluding hydrogens is 372 g/mol. The summed E-state index contributed by atoms with van der Waals surface area (Å²) in [7, 11) is 0. The first kappa shape index (κ1) is 19.5. The van der Waals surface area contributed by atoms with Gasteiger partial charge >= 0.3 is 0 Å². The Balaban J connectivity index is 1.47. The predicted octanol–water partition coefficient (Wildman–Crippen LogP) is 4.97. The van der Waals surface area contributed by atoms with Gasteiger partial charge in [-0.15, -0.1) is 0 Å². The molecule has 0 aliphatic carbocycles. The SMILES string of the molecule is CC(C)C1=NC2NC(c3cccc(OCc4cc(F)cc(F)c4)c3)N=CC2=CC1. The fraction of sp³-hybridized carbons (Fsp3) is 0.304. The van der Waals surface area contributed by atoms with Crippen molar-refractivity contribution >= 4 is 11.9 Å². The van der Waals surface area contributed by atoms with Gasteiger partial charge in [0, 0.05) is 30.0 Å². The van der Waals surface area contributed by atoms with E-state index in [1.54, 1.807) is 0 Å². The summed E-state index contributed by atoms with van der Waals surface area (Å²) in [4.78, 5) is 9.45. The molecule has 2 heterocycles. The molecule has 2 aliphatic rings. The molecule has 2 aromatic rings. The number of nitrogens with zero attached hydrogens (tertiary/aromatic N) is 2. The van der Waals surface area contributed by atoms with Crippen LogP contribution in [0.5, 0.6) is 5.75 Å². The molecule has 0 saturated heterocycles. The average molecular weight is 395 g/mol. The van der Waals surface area contributed by atoms with Crippen molar-refractivity contribution in [3.63, 3.8) is 0 Å². The molecule has 0 fully saturated rings. The van der Waals surface area contributed by atoms with E-state index in [2.05, 4.69) is 30.2 Å². The van der Waals surface area contributed by atoms with Crippen molar-refractivity contribution < 1.29 is 13.5 Å². The highest BCUT2D eigenvalue weighted by molar-refractivity contribution is 5.92. The molecule has 2 aromatic carbocycles. The van der Waals surface area contributed by atoms with Gasteiger partial charge in [-0.05, 0) is 41.3 Å². The van der Waals surface area contributed by atoms with Crippen molar-refractivity contribution in [1.29, 1.82) is 0 Å². The molecule has 2 aliphatic heterocycles. The Morgan fingerprint density at radius 1 is 1.10 bits per heavy atom. The second kappa shape index (κ2) is 8.25. The van der Waals surface area contributed by atoms with Crippen molar-refractivity contribution in [3.8, 4) is 5.75 Å². The van der Waals surface area contributed by atoms with Crippen molar-refractivity contribution in [2.75, 3.05) is 0 Å². The fourth-order valence-corrected chi connectivity index (χ4v) is 3.44. The molecule has 0 bridgehead atoms. The topological polar surface area (TPSA) is 46.0 Å². The number of hydrogen-bond acceptors (Lipinski definition) is 4. The van der Waals surface area contributed by atoms with E-state index in [0.29, 0.717) is 17.2 Å². The summed E-state index contributed by atoms with van der Waals surface area (Å²) in [6, 6.07) is 10.9. The second-order valence-electron chi connectivity index (χ2n) is 7.57. The van der Waals surface area contributed by atoms with Crippen LogP contribution in [0.2, 0.25) is 0 Å². The Kier molecular flexibility index (Phi) is 5.53. The van der Waals surface area contributed by atoms with Crippen LogP contribution in [0.1, 0.15) is 37.6 Å². The summed E-state index contributed by atoms with van der Waals surface area (Å²) >= 11 is 0. The van der Waals surface area contributed by atoms with E-state index < -0.39 is 11.6 Å². The standard InChI is InChI=1S/C23H23F2N3O/c1-14(2)21-7-6-17-12-26-22(28-23(17)27-21)16-4-3-5-20(10-16)29-13-15-8-18(24)11-19(25)9-15/h3-6,8-12,14,22-23,28H,7,13H2,1-2H3. The van der Waals surface area contributed by atoms with Crippen molar-refractivity contribution in [3.05, 3.63) is 76.9 Å². The number of benzene rings is 2. The van der Waals surface area contributed by atoms with Gasteiger partial charge in [-0.25, -0.2) is 8.78 Å². The van der Waals surface area contributed by atoms with E-state index >= 15 is 0 Å². The van der Waals surface area contributed by atoms with Gasteiger partial charge in [0.2, 0.25) is 0 Å². The van der Waals surface area contributed by atoms with Gasteiger partial charge in [-0.1, -0.05) is 32.1 Å². The first-order valence-corrected chi connectivity index (χ1v) is 9.71. The number of dihydropyridines is 1. The zero-order chi connectivity index (χ0) is 20.4. The molecule has 29 heavy (non-hydrogen) atoms. The summed E-state index contributed by atoms with van der Waals surface area (Å²) < 4.78 is 32.4. The minimum Gasteiger partial charge on any atom is -0.489 e. The molecule has 0 saturated carbocycles. The maximum absolute atomic E-state index is 13.3. The van der Waals surface area contributed by atoms with Crippen molar-refractivity contribution in [2.24, 2.45) is 15.9 Å². The molecular formula is C23H23F2N3O. The van der Waals surface area contributed by atoms with Crippen LogP contribution in [0.3, 0.4) is 0 Å². The monoisotopic (exact) mass is 395 g/mol. The molecule has 0 radical (unpaired) electrons. The maximum Gasteiger partial charge on any atom is 0.128 e. The summed E-state index contributed by atoms with van der Waals surface area (Å²) in [6.07, 6.45) is 4.60. The molecule has 2 atom stereocenters. The van der Waals surface area contributed by atoms with E-state index in [0.717, 1.165) is 23.6 Å². The molecule has 2 unspecified atom stereocenters. The zero-order valence-corrected chi connectivity index (χ0v) is 16.4. The van der Waals surface area contributed by atoms with Gasteiger partial charge in [0.05, 0.1) is 0 Å². The number of aliphatic imine (C=N–C) groups is 2. The van der Waals surface area contributed by atoms with Crippen molar-refractivity contribution in [1.82, 2.24) is 5.32 Å². The molecule has 4 rings (SSSR count). The molecule has 6 heteroatoms. The lowest BCUT2D eigenvalue weighted by molar-refractivity contribution is 0.304. The lowest BCUT2D eigenvalue weighted by Gasteiger charge is -2.30. The second-order valence-corrected chi connectivity index (χ2v) is 7.57. The number of rotatable bonds is 5. The zero-order valence-electron chi connectivity index (χ0n) is 16.4. The smallest absolute Gasteiger partial charge is 0.128 e. The normalized spacial score (nSPS) is 20.9. The van der Waals surface area contributed by atoms with Gasteiger partial charge in [-0.3, -0.25) is 15.3 Å². The van der Waals surface area contributed by atoms with Crippen LogP contribution in [0.15, 0.2) is 64.1 Å². The Hall–Kier alpha value is -2.86. The highest BCUT2D eigenvalue weighted by Gasteiger charge is 2.26. The average Bonchev–Trinajstić information content (AvgIpc) is 2.71. The van der Waals surface area contributed by atoms with E-state index in [1.165, 1.54) is 17.8 Å². The third kappa shape index (κ3) is 4.59. The quantitative estimate of drug-likeness (QED) is 0.777. The third-order valence-electron chi connectivity index (χ3n) is 5.01. The number of halogens is 2. The Morgan fingerprint density at radius 3 is 2.66 bits per heavy atom. The van der Waals surface area contributed by atoms with E-state index in [-0.39, 0.29) is 18.9 Å². The van der Waals surface area contributed by atoms with Crippen LogP contribution < -0.4 is 10.1 Å². The Bertz CT molecular complexity index is 977. The summed E-state index contributed by atoms with van der Waals surface area (Å²) in [5, 5.41) is 3.46. The lowest BCUT2D eigenvalue weighted by atomic mass is 9.98. The Labute approximate surface area is 169 Å². The van der Waals surface area contributed by atoms with Gasteiger partial charge in [-0.2, -0.15) is 0 Å². The maximum atomic E-state index is 13.3. The predicted molar refractivity (Wildman–Crippen MR) is 110 cm³/mol. The van der Waals surface area contributed by atoms with Gasteiger partial charge in [0.25, 0.3) is 0 Å². The van der Waals surface area contributed by atoms with Crippen LogP contribution in [-0.4, -0.2) is 18.1 Å². The largest absolute Gasteiger partial charge is 0.489 e. The summed E-state index contributed by atoms with van der Waals surface area (Å²) in [5.41, 5.74) is 3.65. The minimum absolute atomic E-state index is 0.0804. The van der Waals surface area contributed by atoms with Crippen LogP contribution in [0, 0.1) is 17.6 Å². The molecule has 0 spiro atoms. The number of allylic oxidation sites excluding steroid dienone is 1. The van der Waals surface area contributed by atoms with E-state index in [1.807, 2.05) is 30.5 Å². The number of fused-ring (bicyclic) bond motifs is 1. The minimum atomic E-state index is -0.615. The number of ether oxygens (including phenoxy) is 1. The fourth-order valence-electron chi connectivity index (χ4n) is 3.44. The molecule has 0 aromatic heterocycles. The van der Waals surface area contributed by atoms with E-state index in [9.17, 15) is 8.78 Å². The highest BCUT2D eigenvalue weighted by Crippen LogP contribution is 2.27. The number of hydrogen-bond donors (Lipinski definition) is 1. The lowest BCUT2D eigenvalue weighted by Crippen LogP contribution is -2.39. The van der Waals surface area contributed by atoms with Crippen molar-refractivity contribution in [2.45, 2.75) is 39.2 Å². The van der Waals surface area contributed by atoms with E-state index in [4.69, 9.17) is 9.73 Å². The van der Waals surface area contributed by atoms with Gasteiger partial charge < -0.3 is 4.74 Å². The summed E-state index contributed by atoms with van der Waals surface area (Å²) in [6.45, 7) is 4.38. The molecule has 150 valence electrons. The van der Waals surface area contributed by atoms with Gasteiger partial charge in [0.1, 0.15) is 36.3 Å². The number of nitrogens with one attached hydrogen (secondary N) is 1. The van der Waals surface area contributed by atoms with Crippen LogP contribution in [0.4, 0.5) is 8.78 Å². The first-order chi connectivity index (χ1) is 14.0. The third-order valence-corrected chi connectivity index (χ3v) is 5.01. The van der Waals surface area contributed by atoms with Crippen LogP contribution in [0.25, 0.3) is 0 Å². The molecule has 0 amide bonds. The van der Waals surface area contributed by atoms with Crippen LogP contribution >= 0.6 is 0 Å². The van der Waals surface area contributed by atoms with Gasteiger partial charge in [0.15, 0.2) is 0 Å². The highest BCUT2D eigenvalue weighted by atomic mass is 19.1. The summed E-state index contributed by atoms with van der Waals surface area (Å²) in [5.74, 6) is -0.205.